The summed E-state index contributed by atoms with van der Waals surface area (Å²) >= 11 is 0. The van der Waals surface area contributed by atoms with Gasteiger partial charge in [-0.25, -0.2) is 0 Å². The van der Waals surface area contributed by atoms with Crippen LogP contribution in [0.3, 0.4) is 0 Å². The van der Waals surface area contributed by atoms with E-state index in [9.17, 15) is 0 Å². The standard InChI is InChI=1S/2C5H12O2/c2*1-3-7-5(2)4-6/h2*5-6H,3-4H2,1-2H3. The van der Waals surface area contributed by atoms with Gasteiger partial charge in [0.15, 0.2) is 0 Å². The summed E-state index contributed by atoms with van der Waals surface area (Å²) in [4.78, 5) is 0. The van der Waals surface area contributed by atoms with Crippen molar-refractivity contribution in [1.82, 2.24) is 0 Å². The highest BCUT2D eigenvalue weighted by Gasteiger charge is 1.93. The minimum atomic E-state index is 0.00463. The molecule has 2 N–H and O–H groups in total. The van der Waals surface area contributed by atoms with Crippen molar-refractivity contribution in [2.45, 2.75) is 39.9 Å². The molecule has 0 amide bonds. The van der Waals surface area contributed by atoms with Gasteiger partial charge in [-0.3, -0.25) is 0 Å². The van der Waals surface area contributed by atoms with E-state index in [0.717, 1.165) is 0 Å². The zero-order valence-electron chi connectivity index (χ0n) is 9.69. The molecule has 0 saturated carbocycles. The fraction of sp³-hybridized carbons (Fsp3) is 1.00. The summed E-state index contributed by atoms with van der Waals surface area (Å²) in [6.45, 7) is 9.09. The van der Waals surface area contributed by atoms with Gasteiger partial charge < -0.3 is 19.7 Å². The van der Waals surface area contributed by atoms with E-state index in [2.05, 4.69) is 0 Å². The van der Waals surface area contributed by atoms with Crippen LogP contribution in [0, 0.1) is 0 Å². The van der Waals surface area contributed by atoms with Crippen LogP contribution >= 0.6 is 0 Å². The van der Waals surface area contributed by atoms with Crippen molar-refractivity contribution in [3.8, 4) is 0 Å². The van der Waals surface area contributed by atoms with Crippen molar-refractivity contribution in [1.29, 1.82) is 0 Å². The predicted octanol–water partition coefficient (Wildman–Crippen LogP) is 0.807. The molecule has 0 fully saturated rings. The molecule has 14 heavy (non-hydrogen) atoms. The molecule has 0 aromatic rings. The molecule has 2 atom stereocenters. The van der Waals surface area contributed by atoms with Gasteiger partial charge in [0.25, 0.3) is 0 Å². The Morgan fingerprint density at radius 2 is 1.14 bits per heavy atom. The monoisotopic (exact) mass is 208 g/mol. The fourth-order valence-corrected chi connectivity index (χ4v) is 0.674. The molecular weight excluding hydrogens is 184 g/mol. The second kappa shape index (κ2) is 12.8. The Morgan fingerprint density at radius 3 is 1.21 bits per heavy atom. The molecule has 2 unspecified atom stereocenters. The average Bonchev–Trinajstić information content (AvgIpc) is 2.19. The Hall–Kier alpha value is -0.160. The summed E-state index contributed by atoms with van der Waals surface area (Å²) in [6.07, 6.45) is 0.00926. The lowest BCUT2D eigenvalue weighted by molar-refractivity contribution is 0.0325. The van der Waals surface area contributed by atoms with E-state index in [-0.39, 0.29) is 25.4 Å². The Morgan fingerprint density at radius 1 is 0.857 bits per heavy atom. The lowest BCUT2D eigenvalue weighted by Crippen LogP contribution is -2.11. The Balaban J connectivity index is 0. The Kier molecular flexibility index (Phi) is 14.9. The quantitative estimate of drug-likeness (QED) is 0.678. The van der Waals surface area contributed by atoms with Gasteiger partial charge in [0.1, 0.15) is 0 Å². The topological polar surface area (TPSA) is 58.9 Å². The van der Waals surface area contributed by atoms with Gasteiger partial charge in [-0.05, 0) is 27.7 Å². The largest absolute Gasteiger partial charge is 0.394 e. The third-order valence-corrected chi connectivity index (χ3v) is 1.42. The van der Waals surface area contributed by atoms with Crippen LogP contribution in [0.4, 0.5) is 0 Å². The summed E-state index contributed by atoms with van der Waals surface area (Å²) in [7, 11) is 0. The van der Waals surface area contributed by atoms with Crippen LogP contribution < -0.4 is 0 Å². The predicted molar refractivity (Wildman–Crippen MR) is 56.3 cm³/mol. The maximum absolute atomic E-state index is 8.34. The molecule has 0 rings (SSSR count). The number of rotatable bonds is 6. The molecule has 0 aliphatic rings. The van der Waals surface area contributed by atoms with Crippen LogP contribution in [0.2, 0.25) is 0 Å². The van der Waals surface area contributed by atoms with Crippen molar-refractivity contribution in [3.05, 3.63) is 0 Å². The van der Waals surface area contributed by atoms with Crippen LogP contribution in [0.5, 0.6) is 0 Å². The van der Waals surface area contributed by atoms with Gasteiger partial charge in [0.05, 0.1) is 25.4 Å². The van der Waals surface area contributed by atoms with Gasteiger partial charge in [-0.2, -0.15) is 0 Å². The fourth-order valence-electron chi connectivity index (χ4n) is 0.674. The summed E-state index contributed by atoms with van der Waals surface area (Å²) in [5.74, 6) is 0. The van der Waals surface area contributed by atoms with Crippen LogP contribution in [-0.2, 0) is 9.47 Å². The van der Waals surface area contributed by atoms with E-state index in [0.29, 0.717) is 13.2 Å². The number of hydrogen-bond acceptors (Lipinski definition) is 4. The molecule has 0 aliphatic heterocycles. The van der Waals surface area contributed by atoms with Crippen molar-refractivity contribution in [2.75, 3.05) is 26.4 Å². The zero-order valence-corrected chi connectivity index (χ0v) is 9.69. The van der Waals surface area contributed by atoms with Crippen LogP contribution in [0.15, 0.2) is 0 Å². The number of aliphatic hydroxyl groups excluding tert-OH is 2. The van der Waals surface area contributed by atoms with Crippen LogP contribution in [0.25, 0.3) is 0 Å². The van der Waals surface area contributed by atoms with E-state index in [4.69, 9.17) is 19.7 Å². The smallest absolute Gasteiger partial charge is 0.0777 e. The minimum Gasteiger partial charge on any atom is -0.394 e. The third-order valence-electron chi connectivity index (χ3n) is 1.42. The van der Waals surface area contributed by atoms with Crippen LogP contribution in [0.1, 0.15) is 27.7 Å². The van der Waals surface area contributed by atoms with E-state index in [1.54, 1.807) is 0 Å². The first kappa shape index (κ1) is 16.3. The van der Waals surface area contributed by atoms with E-state index in [1.807, 2.05) is 27.7 Å². The van der Waals surface area contributed by atoms with Gasteiger partial charge in [-0.1, -0.05) is 0 Å². The van der Waals surface area contributed by atoms with Gasteiger partial charge in [-0.15, -0.1) is 0 Å². The van der Waals surface area contributed by atoms with Gasteiger partial charge in [0.2, 0.25) is 0 Å². The highest BCUT2D eigenvalue weighted by Crippen LogP contribution is 1.85. The molecule has 0 radical (unpaired) electrons. The number of hydrogen-bond donors (Lipinski definition) is 2. The van der Waals surface area contributed by atoms with Crippen molar-refractivity contribution in [2.24, 2.45) is 0 Å². The minimum absolute atomic E-state index is 0.00463. The molecule has 0 aromatic carbocycles. The molecule has 0 bridgehead atoms. The molecule has 0 aliphatic carbocycles. The van der Waals surface area contributed by atoms with Crippen molar-refractivity contribution in [3.63, 3.8) is 0 Å². The van der Waals surface area contributed by atoms with Gasteiger partial charge in [0, 0.05) is 13.2 Å². The summed E-state index contributed by atoms with van der Waals surface area (Å²) in [5, 5.41) is 16.7. The summed E-state index contributed by atoms with van der Waals surface area (Å²) in [6, 6.07) is 0. The SMILES string of the molecule is CCOC(C)CO.CCOC(C)CO. The lowest BCUT2D eigenvalue weighted by Gasteiger charge is -2.04. The molecule has 4 nitrogen and oxygen atoms in total. The molecule has 0 spiro atoms. The number of ether oxygens (including phenoxy) is 2. The highest BCUT2D eigenvalue weighted by molar-refractivity contribution is 4.41. The first-order valence-electron chi connectivity index (χ1n) is 5.07. The molecule has 0 aromatic heterocycles. The second-order valence-electron chi connectivity index (χ2n) is 2.90. The maximum atomic E-state index is 8.34. The maximum Gasteiger partial charge on any atom is 0.0777 e. The first-order chi connectivity index (χ1) is 6.62. The second-order valence-corrected chi connectivity index (χ2v) is 2.90. The Bertz CT molecular complexity index is 86.1. The molecule has 0 saturated heterocycles. The third kappa shape index (κ3) is 14.4. The average molecular weight is 208 g/mol. The van der Waals surface area contributed by atoms with Gasteiger partial charge >= 0.3 is 0 Å². The zero-order chi connectivity index (χ0) is 11.4. The van der Waals surface area contributed by atoms with Crippen LogP contribution in [-0.4, -0.2) is 48.8 Å². The van der Waals surface area contributed by atoms with E-state index < -0.39 is 0 Å². The molecular formula is C10H24O4. The molecule has 88 valence electrons. The highest BCUT2D eigenvalue weighted by atomic mass is 16.5. The van der Waals surface area contributed by atoms with E-state index >= 15 is 0 Å². The Labute approximate surface area is 86.8 Å². The summed E-state index contributed by atoms with van der Waals surface area (Å²) in [5.41, 5.74) is 0. The summed E-state index contributed by atoms with van der Waals surface area (Å²) < 4.78 is 9.88. The van der Waals surface area contributed by atoms with Crippen molar-refractivity contribution >= 4 is 0 Å². The number of aliphatic hydroxyl groups is 2. The molecule has 4 heteroatoms. The van der Waals surface area contributed by atoms with E-state index in [1.165, 1.54) is 0 Å². The van der Waals surface area contributed by atoms with Crippen molar-refractivity contribution < 1.29 is 19.7 Å². The first-order valence-corrected chi connectivity index (χ1v) is 5.07. The normalized spacial score (nSPS) is 14.1. The lowest BCUT2D eigenvalue weighted by atomic mass is 10.4. The molecule has 0 heterocycles.